The van der Waals surface area contributed by atoms with Crippen molar-refractivity contribution in [2.24, 2.45) is 0 Å². The standard InChI is InChI=1S/C22H23Cl2NO6/c1-14(21(26)25-7-9-29-10-8-25)31-22(27)15-4-6-19(20(11-15)28-2)30-13-16-3-5-17(23)12-18(16)24/h3-6,11-12,14H,7-10,13H2,1-2H3/t14-/m0/s1. The summed E-state index contributed by atoms with van der Waals surface area (Å²) in [4.78, 5) is 26.6. The van der Waals surface area contributed by atoms with E-state index in [-0.39, 0.29) is 18.1 Å². The van der Waals surface area contributed by atoms with Crippen molar-refractivity contribution in [3.63, 3.8) is 0 Å². The van der Waals surface area contributed by atoms with Crippen LogP contribution in [0.3, 0.4) is 0 Å². The Balaban J connectivity index is 1.64. The number of nitrogens with zero attached hydrogens (tertiary/aromatic N) is 1. The molecule has 7 nitrogen and oxygen atoms in total. The summed E-state index contributed by atoms with van der Waals surface area (Å²) >= 11 is 12.1. The molecule has 0 aromatic heterocycles. The van der Waals surface area contributed by atoms with E-state index in [0.29, 0.717) is 47.8 Å². The van der Waals surface area contributed by atoms with Crippen molar-refractivity contribution in [3.8, 4) is 11.5 Å². The van der Waals surface area contributed by atoms with Crippen LogP contribution in [0.25, 0.3) is 0 Å². The maximum atomic E-state index is 12.5. The Labute approximate surface area is 190 Å². The summed E-state index contributed by atoms with van der Waals surface area (Å²) in [6.07, 6.45) is -0.903. The van der Waals surface area contributed by atoms with Gasteiger partial charge in [-0.15, -0.1) is 0 Å². The number of benzene rings is 2. The number of rotatable bonds is 7. The number of hydrogen-bond acceptors (Lipinski definition) is 6. The second-order valence-electron chi connectivity index (χ2n) is 6.88. The first-order chi connectivity index (χ1) is 14.9. The van der Waals surface area contributed by atoms with Crippen LogP contribution >= 0.6 is 23.2 Å². The second-order valence-corrected chi connectivity index (χ2v) is 7.72. The Kier molecular flexibility index (Phi) is 8.01. The summed E-state index contributed by atoms with van der Waals surface area (Å²) < 4.78 is 21.7. The summed E-state index contributed by atoms with van der Waals surface area (Å²) in [5.41, 5.74) is 1.00. The minimum absolute atomic E-state index is 0.196. The van der Waals surface area contributed by atoms with Gasteiger partial charge in [0.1, 0.15) is 6.61 Å². The zero-order chi connectivity index (χ0) is 22.4. The highest BCUT2D eigenvalue weighted by atomic mass is 35.5. The molecule has 1 amide bonds. The van der Waals surface area contributed by atoms with Gasteiger partial charge in [-0.3, -0.25) is 4.79 Å². The molecule has 1 saturated heterocycles. The lowest BCUT2D eigenvalue weighted by molar-refractivity contribution is -0.143. The molecule has 1 aliphatic heterocycles. The number of hydrogen-bond donors (Lipinski definition) is 0. The molecule has 0 aliphatic carbocycles. The van der Waals surface area contributed by atoms with Crippen LogP contribution in [0, 0.1) is 0 Å². The molecular formula is C22H23Cl2NO6. The van der Waals surface area contributed by atoms with Crippen LogP contribution in [0.4, 0.5) is 0 Å². The lowest BCUT2D eigenvalue weighted by Gasteiger charge is -2.29. The first kappa shape index (κ1) is 23.2. The van der Waals surface area contributed by atoms with Crippen molar-refractivity contribution in [2.45, 2.75) is 19.6 Å². The number of morpholine rings is 1. The van der Waals surface area contributed by atoms with Crippen molar-refractivity contribution in [2.75, 3.05) is 33.4 Å². The molecule has 166 valence electrons. The van der Waals surface area contributed by atoms with Crippen LogP contribution in [0.15, 0.2) is 36.4 Å². The highest BCUT2D eigenvalue weighted by Crippen LogP contribution is 2.30. The largest absolute Gasteiger partial charge is 0.493 e. The normalized spacial score (nSPS) is 14.6. The molecule has 1 fully saturated rings. The highest BCUT2D eigenvalue weighted by Gasteiger charge is 2.26. The fourth-order valence-electron chi connectivity index (χ4n) is 3.03. The molecule has 9 heteroatoms. The number of carbonyl (C=O) groups is 2. The van der Waals surface area contributed by atoms with Crippen molar-refractivity contribution >= 4 is 35.1 Å². The lowest BCUT2D eigenvalue weighted by atomic mass is 10.2. The predicted molar refractivity (Wildman–Crippen MR) is 116 cm³/mol. The van der Waals surface area contributed by atoms with E-state index in [2.05, 4.69) is 0 Å². The average molecular weight is 468 g/mol. The number of esters is 1. The van der Waals surface area contributed by atoms with Crippen molar-refractivity contribution < 1.29 is 28.5 Å². The van der Waals surface area contributed by atoms with E-state index >= 15 is 0 Å². The van der Waals surface area contributed by atoms with Crippen LogP contribution in [0.5, 0.6) is 11.5 Å². The zero-order valence-corrected chi connectivity index (χ0v) is 18.7. The molecule has 1 heterocycles. The first-order valence-corrected chi connectivity index (χ1v) is 10.5. The molecule has 0 radical (unpaired) electrons. The number of halogens is 2. The van der Waals surface area contributed by atoms with Gasteiger partial charge in [-0.25, -0.2) is 4.79 Å². The van der Waals surface area contributed by atoms with E-state index in [4.69, 9.17) is 42.1 Å². The van der Waals surface area contributed by atoms with Gasteiger partial charge in [0, 0.05) is 28.7 Å². The van der Waals surface area contributed by atoms with Gasteiger partial charge < -0.3 is 23.8 Å². The molecule has 1 atom stereocenters. The van der Waals surface area contributed by atoms with E-state index < -0.39 is 12.1 Å². The Morgan fingerprint density at radius 3 is 2.52 bits per heavy atom. The average Bonchev–Trinajstić information content (AvgIpc) is 2.78. The van der Waals surface area contributed by atoms with E-state index in [1.54, 1.807) is 42.2 Å². The fraction of sp³-hybridized carbons (Fsp3) is 0.364. The Morgan fingerprint density at radius 2 is 1.84 bits per heavy atom. The Hall–Kier alpha value is -2.48. The minimum atomic E-state index is -0.903. The van der Waals surface area contributed by atoms with Gasteiger partial charge in [0.05, 0.1) is 25.9 Å². The van der Waals surface area contributed by atoms with Gasteiger partial charge in [0.15, 0.2) is 17.6 Å². The smallest absolute Gasteiger partial charge is 0.339 e. The highest BCUT2D eigenvalue weighted by molar-refractivity contribution is 6.35. The van der Waals surface area contributed by atoms with Gasteiger partial charge in [-0.05, 0) is 37.3 Å². The summed E-state index contributed by atoms with van der Waals surface area (Å²) in [5.74, 6) is -0.0858. The summed E-state index contributed by atoms with van der Waals surface area (Å²) in [5, 5.41) is 1.03. The van der Waals surface area contributed by atoms with Crippen LogP contribution in [-0.4, -0.2) is 56.3 Å². The van der Waals surface area contributed by atoms with Gasteiger partial charge in [0.25, 0.3) is 5.91 Å². The maximum absolute atomic E-state index is 12.5. The lowest BCUT2D eigenvalue weighted by Crippen LogP contribution is -2.46. The molecule has 31 heavy (non-hydrogen) atoms. The third kappa shape index (κ3) is 6.03. The monoisotopic (exact) mass is 467 g/mol. The SMILES string of the molecule is COc1cc(C(=O)O[C@@H](C)C(=O)N2CCOCC2)ccc1OCc1ccc(Cl)cc1Cl. The van der Waals surface area contributed by atoms with Crippen molar-refractivity contribution in [3.05, 3.63) is 57.6 Å². The first-order valence-electron chi connectivity index (χ1n) is 9.71. The third-order valence-corrected chi connectivity index (χ3v) is 5.34. The van der Waals surface area contributed by atoms with Gasteiger partial charge in [-0.2, -0.15) is 0 Å². The maximum Gasteiger partial charge on any atom is 0.339 e. The van der Waals surface area contributed by atoms with E-state index in [0.717, 1.165) is 5.56 Å². The molecule has 0 N–H and O–H groups in total. The van der Waals surface area contributed by atoms with Gasteiger partial charge in [-0.1, -0.05) is 29.3 Å². The summed E-state index contributed by atoms with van der Waals surface area (Å²) in [6, 6.07) is 9.80. The van der Waals surface area contributed by atoms with Crippen molar-refractivity contribution in [1.29, 1.82) is 0 Å². The number of amides is 1. The molecule has 2 aromatic rings. The molecule has 0 bridgehead atoms. The zero-order valence-electron chi connectivity index (χ0n) is 17.2. The fourth-order valence-corrected chi connectivity index (χ4v) is 3.49. The Bertz CT molecular complexity index is 946. The second kappa shape index (κ2) is 10.7. The van der Waals surface area contributed by atoms with Crippen LogP contribution < -0.4 is 9.47 Å². The molecular weight excluding hydrogens is 445 g/mol. The van der Waals surface area contributed by atoms with E-state index in [9.17, 15) is 9.59 Å². The summed E-state index contributed by atoms with van der Waals surface area (Å²) in [6.45, 7) is 3.68. The summed E-state index contributed by atoms with van der Waals surface area (Å²) in [7, 11) is 1.47. The Morgan fingerprint density at radius 1 is 1.10 bits per heavy atom. The number of methoxy groups -OCH3 is 1. The van der Waals surface area contributed by atoms with Gasteiger partial charge >= 0.3 is 5.97 Å². The molecule has 1 aliphatic rings. The molecule has 0 unspecified atom stereocenters. The van der Waals surface area contributed by atoms with E-state index in [1.165, 1.54) is 13.2 Å². The topological polar surface area (TPSA) is 74.3 Å². The molecule has 0 saturated carbocycles. The van der Waals surface area contributed by atoms with Gasteiger partial charge in [0.2, 0.25) is 0 Å². The molecule has 2 aromatic carbocycles. The van der Waals surface area contributed by atoms with Crippen LogP contribution in [0.1, 0.15) is 22.8 Å². The van der Waals surface area contributed by atoms with E-state index in [1.807, 2.05) is 0 Å². The van der Waals surface area contributed by atoms with Crippen LogP contribution in [-0.2, 0) is 20.9 Å². The third-order valence-electron chi connectivity index (χ3n) is 4.75. The molecule has 3 rings (SSSR count). The minimum Gasteiger partial charge on any atom is -0.493 e. The van der Waals surface area contributed by atoms with Crippen molar-refractivity contribution in [1.82, 2.24) is 4.90 Å². The van der Waals surface area contributed by atoms with Crippen LogP contribution in [0.2, 0.25) is 10.0 Å². The quantitative estimate of drug-likeness (QED) is 0.573. The predicted octanol–water partition coefficient (Wildman–Crippen LogP) is 3.99. The molecule has 0 spiro atoms. The number of carbonyl (C=O) groups excluding carboxylic acids is 2. The number of ether oxygens (including phenoxy) is 4.